The number of nitrogens with two attached hydrogens (primary N) is 1. The Morgan fingerprint density at radius 2 is 2.06 bits per heavy atom. The second-order valence-electron chi connectivity index (χ2n) is 4.16. The highest BCUT2D eigenvalue weighted by molar-refractivity contribution is 5.30. The van der Waals surface area contributed by atoms with Gasteiger partial charge in [-0.15, -0.1) is 0 Å². The number of methoxy groups -OCH3 is 1. The van der Waals surface area contributed by atoms with Crippen LogP contribution in [-0.2, 0) is 6.54 Å². The highest BCUT2D eigenvalue weighted by atomic mass is 19.1. The Morgan fingerprint density at radius 1 is 1.39 bits per heavy atom. The Kier molecular flexibility index (Phi) is 5.46. The summed E-state index contributed by atoms with van der Waals surface area (Å²) < 4.78 is 31.7. The number of ether oxygens (including phenoxy) is 1. The van der Waals surface area contributed by atoms with Crippen LogP contribution in [0.4, 0.5) is 8.78 Å². The van der Waals surface area contributed by atoms with Crippen molar-refractivity contribution >= 4 is 0 Å². The molecule has 0 heterocycles. The summed E-state index contributed by atoms with van der Waals surface area (Å²) in [5.74, 6) is -1.27. The van der Waals surface area contributed by atoms with Gasteiger partial charge in [-0.3, -0.25) is 4.90 Å². The molecule has 0 bridgehead atoms. The first kappa shape index (κ1) is 14.8. The minimum atomic E-state index is -0.679. The first-order valence-corrected chi connectivity index (χ1v) is 5.56. The second-order valence-corrected chi connectivity index (χ2v) is 4.16. The molecule has 0 aliphatic heterocycles. The first-order chi connectivity index (χ1) is 8.47. The summed E-state index contributed by atoms with van der Waals surface area (Å²) in [5, 5.41) is 9.36. The summed E-state index contributed by atoms with van der Waals surface area (Å²) >= 11 is 0. The van der Waals surface area contributed by atoms with Gasteiger partial charge in [0.2, 0.25) is 0 Å². The van der Waals surface area contributed by atoms with Gasteiger partial charge in [0.05, 0.1) is 13.2 Å². The Morgan fingerprint density at radius 3 is 2.61 bits per heavy atom. The third kappa shape index (κ3) is 3.90. The van der Waals surface area contributed by atoms with Crippen LogP contribution in [0.2, 0.25) is 0 Å². The van der Waals surface area contributed by atoms with Gasteiger partial charge in [-0.1, -0.05) is 0 Å². The summed E-state index contributed by atoms with van der Waals surface area (Å²) in [6.07, 6.45) is -0.679. The number of hydrogen-bond acceptors (Lipinski definition) is 4. The molecule has 1 aromatic rings. The van der Waals surface area contributed by atoms with E-state index >= 15 is 0 Å². The van der Waals surface area contributed by atoms with Crippen molar-refractivity contribution in [3.05, 3.63) is 29.3 Å². The number of likely N-dealkylation sites (N-methyl/N-ethyl adjacent to an activating group) is 1. The highest BCUT2D eigenvalue weighted by Crippen LogP contribution is 2.22. The quantitative estimate of drug-likeness (QED) is 0.791. The number of rotatable bonds is 6. The van der Waals surface area contributed by atoms with Crippen molar-refractivity contribution in [2.75, 3.05) is 27.2 Å². The maximum Gasteiger partial charge on any atom is 0.165 e. The van der Waals surface area contributed by atoms with Crippen molar-refractivity contribution in [3.8, 4) is 5.75 Å². The molecule has 0 fully saturated rings. The molecule has 0 saturated heterocycles. The molecule has 1 unspecified atom stereocenters. The van der Waals surface area contributed by atoms with Crippen LogP contribution in [0.3, 0.4) is 0 Å². The van der Waals surface area contributed by atoms with Gasteiger partial charge in [-0.25, -0.2) is 8.78 Å². The van der Waals surface area contributed by atoms with Crippen molar-refractivity contribution in [3.63, 3.8) is 0 Å². The number of benzene rings is 1. The lowest BCUT2D eigenvalue weighted by atomic mass is 10.1. The van der Waals surface area contributed by atoms with Crippen LogP contribution < -0.4 is 10.5 Å². The maximum atomic E-state index is 13.6. The molecule has 0 amide bonds. The van der Waals surface area contributed by atoms with E-state index in [0.29, 0.717) is 6.54 Å². The zero-order valence-corrected chi connectivity index (χ0v) is 10.5. The molecule has 0 saturated carbocycles. The fraction of sp³-hybridized carbons (Fsp3) is 0.500. The second kappa shape index (κ2) is 6.63. The van der Waals surface area contributed by atoms with Gasteiger partial charge < -0.3 is 15.6 Å². The van der Waals surface area contributed by atoms with Crippen molar-refractivity contribution in [1.82, 2.24) is 4.90 Å². The van der Waals surface area contributed by atoms with Crippen molar-refractivity contribution in [1.29, 1.82) is 0 Å². The van der Waals surface area contributed by atoms with E-state index in [2.05, 4.69) is 4.74 Å². The third-order valence-electron chi connectivity index (χ3n) is 2.56. The average molecular weight is 260 g/mol. The average Bonchev–Trinajstić information content (AvgIpc) is 2.33. The number of nitrogens with zero attached hydrogens (tertiary/aromatic N) is 1. The van der Waals surface area contributed by atoms with Crippen LogP contribution in [0.25, 0.3) is 0 Å². The lowest BCUT2D eigenvalue weighted by Crippen LogP contribution is -2.34. The highest BCUT2D eigenvalue weighted by Gasteiger charge is 2.13. The molecule has 3 N–H and O–H groups in total. The van der Waals surface area contributed by atoms with E-state index < -0.39 is 17.7 Å². The van der Waals surface area contributed by atoms with Gasteiger partial charge in [0, 0.05) is 31.3 Å². The van der Waals surface area contributed by atoms with Gasteiger partial charge in [0.15, 0.2) is 11.6 Å². The summed E-state index contributed by atoms with van der Waals surface area (Å²) in [5.41, 5.74) is 5.49. The van der Waals surface area contributed by atoms with Crippen LogP contribution in [0.5, 0.6) is 5.75 Å². The Balaban J connectivity index is 2.75. The molecular weight excluding hydrogens is 242 g/mol. The van der Waals surface area contributed by atoms with Crippen LogP contribution in [-0.4, -0.2) is 43.4 Å². The van der Waals surface area contributed by atoms with Crippen LogP contribution in [0, 0.1) is 11.6 Å². The van der Waals surface area contributed by atoms with E-state index in [0.717, 1.165) is 12.1 Å². The SMILES string of the molecule is COc1cc(F)c(CN(C)CC(O)CN)cc1F. The van der Waals surface area contributed by atoms with Crippen molar-refractivity contribution in [2.24, 2.45) is 5.73 Å². The molecule has 0 radical (unpaired) electrons. The minimum absolute atomic E-state index is 0.124. The fourth-order valence-electron chi connectivity index (χ4n) is 1.64. The molecule has 1 atom stereocenters. The summed E-state index contributed by atoms with van der Waals surface area (Å²) in [7, 11) is 2.97. The fourth-order valence-corrected chi connectivity index (χ4v) is 1.64. The Bertz CT molecular complexity index is 402. The Hall–Kier alpha value is -1.24. The molecule has 1 aromatic carbocycles. The van der Waals surface area contributed by atoms with Gasteiger partial charge in [0.1, 0.15) is 5.82 Å². The predicted octanol–water partition coefficient (Wildman–Crippen LogP) is 0.725. The van der Waals surface area contributed by atoms with Gasteiger partial charge in [-0.05, 0) is 13.1 Å². The summed E-state index contributed by atoms with van der Waals surface area (Å²) in [6.45, 7) is 0.608. The number of aliphatic hydroxyl groups excluding tert-OH is 1. The van der Waals surface area contributed by atoms with Gasteiger partial charge in [-0.2, -0.15) is 0 Å². The van der Waals surface area contributed by atoms with E-state index in [-0.39, 0.29) is 24.4 Å². The lowest BCUT2D eigenvalue weighted by molar-refractivity contribution is 0.129. The monoisotopic (exact) mass is 260 g/mol. The molecule has 102 valence electrons. The van der Waals surface area contributed by atoms with E-state index in [1.807, 2.05) is 0 Å². The van der Waals surface area contributed by atoms with Crippen LogP contribution >= 0.6 is 0 Å². The van der Waals surface area contributed by atoms with E-state index in [1.54, 1.807) is 11.9 Å². The predicted molar refractivity (Wildman–Crippen MR) is 64.3 cm³/mol. The van der Waals surface area contributed by atoms with E-state index in [4.69, 9.17) is 5.73 Å². The molecule has 0 spiro atoms. The summed E-state index contributed by atoms with van der Waals surface area (Å²) in [4.78, 5) is 1.67. The molecule has 1 rings (SSSR count). The zero-order valence-electron chi connectivity index (χ0n) is 10.5. The molecule has 0 aliphatic carbocycles. The molecular formula is C12H18F2N2O2. The smallest absolute Gasteiger partial charge is 0.165 e. The topological polar surface area (TPSA) is 58.7 Å². The lowest BCUT2D eigenvalue weighted by Gasteiger charge is -2.20. The number of hydrogen-bond donors (Lipinski definition) is 2. The molecule has 0 aromatic heterocycles. The largest absolute Gasteiger partial charge is 0.494 e. The molecule has 4 nitrogen and oxygen atoms in total. The van der Waals surface area contributed by atoms with Gasteiger partial charge >= 0.3 is 0 Å². The van der Waals surface area contributed by atoms with Crippen LogP contribution in [0.15, 0.2) is 12.1 Å². The summed E-state index contributed by atoms with van der Waals surface area (Å²) in [6, 6.07) is 2.11. The zero-order chi connectivity index (χ0) is 13.7. The standard InChI is InChI=1S/C12H18F2N2O2/c1-16(7-9(17)5-15)6-8-3-11(14)12(18-2)4-10(8)13/h3-4,9,17H,5-7,15H2,1-2H3. The first-order valence-electron chi connectivity index (χ1n) is 5.56. The normalized spacial score (nSPS) is 12.8. The van der Waals surface area contributed by atoms with E-state index in [9.17, 15) is 13.9 Å². The van der Waals surface area contributed by atoms with Crippen LogP contribution in [0.1, 0.15) is 5.56 Å². The van der Waals surface area contributed by atoms with Crippen molar-refractivity contribution < 1.29 is 18.6 Å². The number of aliphatic hydroxyl groups is 1. The minimum Gasteiger partial charge on any atom is -0.494 e. The third-order valence-corrected chi connectivity index (χ3v) is 2.56. The number of halogens is 2. The molecule has 6 heteroatoms. The maximum absolute atomic E-state index is 13.6. The van der Waals surface area contributed by atoms with E-state index in [1.165, 1.54) is 7.11 Å². The van der Waals surface area contributed by atoms with Gasteiger partial charge in [0.25, 0.3) is 0 Å². The Labute approximate surface area is 105 Å². The molecule has 18 heavy (non-hydrogen) atoms. The van der Waals surface area contributed by atoms with Crippen molar-refractivity contribution in [2.45, 2.75) is 12.6 Å². The molecule has 0 aliphatic rings.